The topological polar surface area (TPSA) is 3.24 Å². The second-order valence-electron chi connectivity index (χ2n) is 3.94. The Hall–Kier alpha value is -1.76. The molecule has 0 radical (unpaired) electrons. The van der Waals surface area contributed by atoms with Crippen LogP contribution in [0, 0.1) is 13.8 Å². The molecule has 0 amide bonds. The van der Waals surface area contributed by atoms with E-state index in [2.05, 4.69) is 19.1 Å². The Morgan fingerprint density at radius 3 is 1.69 bits per heavy atom. The SMILES string of the molecule is [2H]C([2H])([2H])c1ccc(N(C)c2ccc(C)cc2)cc1. The van der Waals surface area contributed by atoms with Crippen molar-refractivity contribution in [3.8, 4) is 0 Å². The highest BCUT2D eigenvalue weighted by atomic mass is 15.1. The summed E-state index contributed by atoms with van der Waals surface area (Å²) in [7, 11) is 1.97. The maximum atomic E-state index is 7.36. The first-order valence-corrected chi connectivity index (χ1v) is 5.29. The van der Waals surface area contributed by atoms with Gasteiger partial charge in [-0.25, -0.2) is 0 Å². The number of benzene rings is 2. The van der Waals surface area contributed by atoms with Crippen molar-refractivity contribution in [3.63, 3.8) is 0 Å². The van der Waals surface area contributed by atoms with Crippen molar-refractivity contribution in [2.75, 3.05) is 11.9 Å². The third-order valence-electron chi connectivity index (χ3n) is 2.68. The van der Waals surface area contributed by atoms with Crippen molar-refractivity contribution in [1.82, 2.24) is 0 Å². The van der Waals surface area contributed by atoms with E-state index in [0.717, 1.165) is 11.4 Å². The Morgan fingerprint density at radius 1 is 0.812 bits per heavy atom. The molecule has 0 heterocycles. The van der Waals surface area contributed by atoms with Crippen LogP contribution < -0.4 is 4.90 Å². The van der Waals surface area contributed by atoms with Crippen molar-refractivity contribution < 1.29 is 4.11 Å². The first-order valence-electron chi connectivity index (χ1n) is 6.79. The average molecular weight is 214 g/mol. The molecule has 2 rings (SSSR count). The lowest BCUT2D eigenvalue weighted by Crippen LogP contribution is -2.08. The third-order valence-corrected chi connectivity index (χ3v) is 2.68. The molecule has 82 valence electrons. The lowest BCUT2D eigenvalue weighted by Gasteiger charge is -2.19. The molecule has 1 nitrogen and oxygen atoms in total. The molecule has 0 atom stereocenters. The molecule has 0 saturated heterocycles. The maximum absolute atomic E-state index is 7.36. The summed E-state index contributed by atoms with van der Waals surface area (Å²) in [5.41, 5.74) is 3.63. The van der Waals surface area contributed by atoms with E-state index in [1.807, 2.05) is 36.2 Å². The van der Waals surface area contributed by atoms with Crippen molar-refractivity contribution in [1.29, 1.82) is 0 Å². The van der Waals surface area contributed by atoms with Crippen LogP contribution in [-0.4, -0.2) is 7.05 Å². The fourth-order valence-electron chi connectivity index (χ4n) is 1.60. The molecule has 0 aliphatic carbocycles. The average Bonchev–Trinajstić information content (AvgIpc) is 2.38. The van der Waals surface area contributed by atoms with Gasteiger partial charge in [0, 0.05) is 22.5 Å². The summed E-state index contributed by atoms with van der Waals surface area (Å²) in [5, 5.41) is 0. The van der Waals surface area contributed by atoms with Crippen LogP contribution in [0.5, 0.6) is 0 Å². The summed E-state index contributed by atoms with van der Waals surface area (Å²) in [4.78, 5) is 2.03. The molecule has 2 aromatic rings. The highest BCUT2D eigenvalue weighted by Gasteiger charge is 2.02. The van der Waals surface area contributed by atoms with Gasteiger partial charge in [-0.15, -0.1) is 0 Å². The van der Waals surface area contributed by atoms with Crippen molar-refractivity contribution in [2.45, 2.75) is 13.8 Å². The molecule has 0 spiro atoms. The van der Waals surface area contributed by atoms with Gasteiger partial charge in [-0.05, 0) is 38.0 Å². The molecule has 0 aromatic heterocycles. The number of rotatable bonds is 2. The molecule has 1 heteroatoms. The number of hydrogen-bond acceptors (Lipinski definition) is 1. The van der Waals surface area contributed by atoms with Gasteiger partial charge in [0.15, 0.2) is 0 Å². The Balaban J connectivity index is 2.25. The molecule has 2 aromatic carbocycles. The van der Waals surface area contributed by atoms with Gasteiger partial charge < -0.3 is 4.90 Å². The molecule has 0 saturated carbocycles. The highest BCUT2D eigenvalue weighted by molar-refractivity contribution is 5.62. The molecule has 0 aliphatic heterocycles. The van der Waals surface area contributed by atoms with E-state index in [1.54, 1.807) is 12.1 Å². The van der Waals surface area contributed by atoms with Crippen LogP contribution in [0.2, 0.25) is 0 Å². The molecule has 0 fully saturated rings. The second kappa shape index (κ2) is 4.40. The monoisotopic (exact) mass is 214 g/mol. The number of hydrogen-bond donors (Lipinski definition) is 0. The van der Waals surface area contributed by atoms with E-state index in [0.29, 0.717) is 5.56 Å². The van der Waals surface area contributed by atoms with Crippen LogP contribution in [0.15, 0.2) is 48.5 Å². The molecule has 0 bridgehead atoms. The van der Waals surface area contributed by atoms with Crippen LogP contribution >= 0.6 is 0 Å². The molecular weight excluding hydrogens is 194 g/mol. The van der Waals surface area contributed by atoms with Gasteiger partial charge in [-0.1, -0.05) is 35.4 Å². The van der Waals surface area contributed by atoms with E-state index < -0.39 is 6.85 Å². The zero-order valence-corrected chi connectivity index (χ0v) is 9.57. The van der Waals surface area contributed by atoms with E-state index in [-0.39, 0.29) is 0 Å². The van der Waals surface area contributed by atoms with Crippen molar-refractivity contribution in [3.05, 3.63) is 59.7 Å². The largest absolute Gasteiger partial charge is 0.345 e. The zero-order chi connectivity index (χ0) is 14.0. The summed E-state index contributed by atoms with van der Waals surface area (Å²) in [6.45, 7) is 0.00979. The fraction of sp³-hybridized carbons (Fsp3) is 0.200. The quantitative estimate of drug-likeness (QED) is 0.728. The maximum Gasteiger partial charge on any atom is 0.0408 e. The van der Waals surface area contributed by atoms with Crippen LogP contribution in [0.1, 0.15) is 15.2 Å². The van der Waals surface area contributed by atoms with Gasteiger partial charge in [-0.2, -0.15) is 0 Å². The molecule has 0 N–H and O–H groups in total. The van der Waals surface area contributed by atoms with Crippen LogP contribution in [0.3, 0.4) is 0 Å². The lowest BCUT2D eigenvalue weighted by atomic mass is 10.2. The minimum atomic E-state index is -2.04. The number of aryl methyl sites for hydroxylation is 2. The van der Waals surface area contributed by atoms with E-state index in [1.165, 1.54) is 5.56 Å². The van der Waals surface area contributed by atoms with Crippen LogP contribution in [0.4, 0.5) is 11.4 Å². The summed E-state index contributed by atoms with van der Waals surface area (Å²) in [6.07, 6.45) is 0. The third kappa shape index (κ3) is 2.25. The minimum Gasteiger partial charge on any atom is -0.345 e. The first-order chi connectivity index (χ1) is 8.88. The number of anilines is 2. The van der Waals surface area contributed by atoms with Gasteiger partial charge >= 0.3 is 0 Å². The van der Waals surface area contributed by atoms with Crippen molar-refractivity contribution >= 4 is 11.4 Å². The molecular formula is C15H17N. The van der Waals surface area contributed by atoms with Crippen LogP contribution in [-0.2, 0) is 0 Å². The van der Waals surface area contributed by atoms with E-state index >= 15 is 0 Å². The summed E-state index contributed by atoms with van der Waals surface area (Å²) in [5.74, 6) is 0. The first kappa shape index (κ1) is 7.50. The van der Waals surface area contributed by atoms with E-state index in [4.69, 9.17) is 4.11 Å². The summed E-state index contributed by atoms with van der Waals surface area (Å²) in [6, 6.07) is 15.2. The molecule has 0 unspecified atom stereocenters. The second-order valence-corrected chi connectivity index (χ2v) is 3.94. The van der Waals surface area contributed by atoms with E-state index in [9.17, 15) is 0 Å². The Kier molecular flexibility index (Phi) is 2.06. The summed E-state index contributed by atoms with van der Waals surface area (Å²) < 4.78 is 22.1. The van der Waals surface area contributed by atoms with Gasteiger partial charge in [-0.3, -0.25) is 0 Å². The van der Waals surface area contributed by atoms with Gasteiger partial charge in [0.05, 0.1) is 0 Å². The standard InChI is InChI=1S/C15H17N/c1-12-4-8-14(9-5-12)16(3)15-10-6-13(2)7-11-15/h4-11H,1-3H3/i1D3. The normalized spacial score (nSPS) is 13.8. The summed E-state index contributed by atoms with van der Waals surface area (Å²) >= 11 is 0. The molecule has 0 aliphatic rings. The predicted octanol–water partition coefficient (Wildman–Crippen LogP) is 4.07. The van der Waals surface area contributed by atoms with Crippen molar-refractivity contribution in [2.24, 2.45) is 0 Å². The van der Waals surface area contributed by atoms with Crippen LogP contribution in [0.25, 0.3) is 0 Å². The highest BCUT2D eigenvalue weighted by Crippen LogP contribution is 2.23. The van der Waals surface area contributed by atoms with Gasteiger partial charge in [0.25, 0.3) is 0 Å². The molecule has 16 heavy (non-hydrogen) atoms. The minimum absolute atomic E-state index is 0.369. The zero-order valence-electron chi connectivity index (χ0n) is 12.6. The smallest absolute Gasteiger partial charge is 0.0408 e. The van der Waals surface area contributed by atoms with Gasteiger partial charge in [0.2, 0.25) is 0 Å². The lowest BCUT2D eigenvalue weighted by molar-refractivity contribution is 1.20. The fourth-order valence-corrected chi connectivity index (χ4v) is 1.60. The Labute approximate surface area is 102 Å². The predicted molar refractivity (Wildman–Crippen MR) is 70.4 cm³/mol. The van der Waals surface area contributed by atoms with Gasteiger partial charge in [0.1, 0.15) is 0 Å². The Bertz CT molecular complexity index is 541. The number of nitrogens with zero attached hydrogens (tertiary/aromatic N) is 1. The Morgan fingerprint density at radius 2 is 1.25 bits per heavy atom.